The molecule has 1 aliphatic carbocycles. The molecule has 0 amide bonds. The van der Waals surface area contributed by atoms with Crippen LogP contribution in [0.1, 0.15) is 31.1 Å². The van der Waals surface area contributed by atoms with Crippen molar-refractivity contribution in [2.45, 2.75) is 38.6 Å². The predicted molar refractivity (Wildman–Crippen MR) is 68.9 cm³/mol. The molecule has 2 atom stereocenters. The van der Waals surface area contributed by atoms with Gasteiger partial charge in [0.2, 0.25) is 0 Å². The molecule has 1 heterocycles. The molecule has 0 radical (unpaired) electrons. The molecule has 1 saturated carbocycles. The smallest absolute Gasteiger partial charge is 0.313 e. The molecule has 1 aromatic heterocycles. The predicted octanol–water partition coefficient (Wildman–Crippen LogP) is 2.35. The minimum atomic E-state index is -0.463. The Morgan fingerprint density at radius 1 is 1.71 bits per heavy atom. The number of ether oxygens (including phenoxy) is 1. The minimum absolute atomic E-state index is 0.0447. The Morgan fingerprint density at radius 2 is 2.53 bits per heavy atom. The number of carbonyl (C=O) groups is 1. The number of hydrogen-bond acceptors (Lipinski definition) is 4. The molecule has 17 heavy (non-hydrogen) atoms. The fourth-order valence-electron chi connectivity index (χ4n) is 2.31. The lowest BCUT2D eigenvalue weighted by molar-refractivity contribution is -0.155. The second-order valence-electron chi connectivity index (χ2n) is 4.88. The molecule has 0 spiro atoms. The van der Waals surface area contributed by atoms with Gasteiger partial charge in [-0.1, -0.05) is 12.5 Å². The zero-order valence-electron chi connectivity index (χ0n) is 10.1. The van der Waals surface area contributed by atoms with Crippen LogP contribution in [0.25, 0.3) is 0 Å². The first kappa shape index (κ1) is 12.6. The Hall–Kier alpha value is -0.870. The molecule has 0 bridgehead atoms. The molecule has 0 aromatic carbocycles. The van der Waals surface area contributed by atoms with Gasteiger partial charge in [-0.25, -0.2) is 0 Å². The highest BCUT2D eigenvalue weighted by molar-refractivity contribution is 7.09. The van der Waals surface area contributed by atoms with Crippen LogP contribution in [0.15, 0.2) is 17.5 Å². The van der Waals surface area contributed by atoms with Gasteiger partial charge < -0.3 is 10.5 Å². The molecule has 3 nitrogen and oxygen atoms in total. The molecule has 4 heteroatoms. The maximum Gasteiger partial charge on any atom is 0.313 e. The molecular weight excluding hydrogens is 234 g/mol. The van der Waals surface area contributed by atoms with E-state index in [0.29, 0.717) is 6.61 Å². The standard InChI is InChI=1S/C13H19NO2S/c1-13(7-2-5-11(13)14)12(15)16-8-6-10-4-3-9-17-10/h3-4,9,11H,2,5-8,14H2,1H3. The molecular formula is C13H19NO2S. The highest BCUT2D eigenvalue weighted by atomic mass is 32.1. The number of hydrogen-bond donors (Lipinski definition) is 1. The van der Waals surface area contributed by atoms with Gasteiger partial charge in [0.25, 0.3) is 0 Å². The second kappa shape index (κ2) is 5.19. The summed E-state index contributed by atoms with van der Waals surface area (Å²) < 4.78 is 5.36. The van der Waals surface area contributed by atoms with E-state index in [0.717, 1.165) is 25.7 Å². The number of thiophene rings is 1. The SMILES string of the molecule is CC1(C(=O)OCCc2cccs2)CCCC1N. The molecule has 2 rings (SSSR count). The lowest BCUT2D eigenvalue weighted by Gasteiger charge is -2.26. The van der Waals surface area contributed by atoms with Crippen LogP contribution in [0.2, 0.25) is 0 Å². The average Bonchev–Trinajstić information content (AvgIpc) is 2.91. The first-order chi connectivity index (χ1) is 8.13. The first-order valence-corrected chi connectivity index (χ1v) is 6.96. The lowest BCUT2D eigenvalue weighted by atomic mass is 9.85. The largest absolute Gasteiger partial charge is 0.465 e. The Bertz CT molecular complexity index is 377. The van der Waals surface area contributed by atoms with Crippen molar-refractivity contribution in [3.8, 4) is 0 Å². The fourth-order valence-corrected chi connectivity index (χ4v) is 3.00. The summed E-state index contributed by atoms with van der Waals surface area (Å²) in [5.41, 5.74) is 5.52. The van der Waals surface area contributed by atoms with Crippen LogP contribution in [-0.2, 0) is 16.0 Å². The van der Waals surface area contributed by atoms with Crippen LogP contribution in [0.4, 0.5) is 0 Å². The Morgan fingerprint density at radius 3 is 3.12 bits per heavy atom. The van der Waals surface area contributed by atoms with Crippen molar-refractivity contribution in [2.24, 2.45) is 11.1 Å². The summed E-state index contributed by atoms with van der Waals surface area (Å²) in [4.78, 5) is 13.3. The third-order valence-electron chi connectivity index (χ3n) is 3.66. The number of esters is 1. The van der Waals surface area contributed by atoms with Crippen molar-refractivity contribution in [3.63, 3.8) is 0 Å². The van der Waals surface area contributed by atoms with Gasteiger partial charge in [-0.05, 0) is 31.2 Å². The van der Waals surface area contributed by atoms with Gasteiger partial charge in [0.15, 0.2) is 0 Å². The zero-order chi connectivity index (χ0) is 12.3. The molecule has 1 aliphatic rings. The Labute approximate surface area is 106 Å². The number of nitrogens with two attached hydrogens (primary N) is 1. The molecule has 94 valence electrons. The number of carbonyl (C=O) groups excluding carboxylic acids is 1. The van der Waals surface area contributed by atoms with Crippen molar-refractivity contribution in [1.29, 1.82) is 0 Å². The molecule has 2 N–H and O–H groups in total. The van der Waals surface area contributed by atoms with E-state index in [1.165, 1.54) is 4.88 Å². The van der Waals surface area contributed by atoms with Gasteiger partial charge >= 0.3 is 5.97 Å². The van der Waals surface area contributed by atoms with Crippen LogP contribution in [0.5, 0.6) is 0 Å². The topological polar surface area (TPSA) is 52.3 Å². The van der Waals surface area contributed by atoms with Crippen LogP contribution >= 0.6 is 11.3 Å². The summed E-state index contributed by atoms with van der Waals surface area (Å²) in [5.74, 6) is -0.126. The normalized spacial score (nSPS) is 28.2. The molecule has 1 fully saturated rings. The van der Waals surface area contributed by atoms with Gasteiger partial charge in [0.05, 0.1) is 12.0 Å². The maximum absolute atomic E-state index is 12.0. The average molecular weight is 253 g/mol. The summed E-state index contributed by atoms with van der Waals surface area (Å²) in [6, 6.07) is 4.02. The molecule has 0 saturated heterocycles. The van der Waals surface area contributed by atoms with Crippen molar-refractivity contribution >= 4 is 17.3 Å². The third-order valence-corrected chi connectivity index (χ3v) is 4.59. The highest BCUT2D eigenvalue weighted by Crippen LogP contribution is 2.37. The number of rotatable bonds is 4. The Kier molecular flexibility index (Phi) is 3.84. The maximum atomic E-state index is 12.0. The second-order valence-corrected chi connectivity index (χ2v) is 5.91. The molecule has 1 aromatic rings. The van der Waals surface area contributed by atoms with Gasteiger partial charge in [-0.2, -0.15) is 0 Å². The summed E-state index contributed by atoms with van der Waals surface area (Å²) in [7, 11) is 0. The third kappa shape index (κ3) is 2.69. The monoisotopic (exact) mass is 253 g/mol. The van der Waals surface area contributed by atoms with Crippen LogP contribution < -0.4 is 5.73 Å². The van der Waals surface area contributed by atoms with E-state index in [1.54, 1.807) is 11.3 Å². The van der Waals surface area contributed by atoms with Gasteiger partial charge in [-0.3, -0.25) is 4.79 Å². The summed E-state index contributed by atoms with van der Waals surface area (Å²) in [5, 5.41) is 2.03. The van der Waals surface area contributed by atoms with Gasteiger partial charge in [-0.15, -0.1) is 11.3 Å². The van der Waals surface area contributed by atoms with Crippen molar-refractivity contribution in [1.82, 2.24) is 0 Å². The quantitative estimate of drug-likeness (QED) is 0.838. The van der Waals surface area contributed by atoms with E-state index in [-0.39, 0.29) is 12.0 Å². The van der Waals surface area contributed by atoms with Gasteiger partial charge in [0, 0.05) is 17.3 Å². The van der Waals surface area contributed by atoms with Gasteiger partial charge in [0.1, 0.15) is 0 Å². The van der Waals surface area contributed by atoms with E-state index in [4.69, 9.17) is 10.5 Å². The van der Waals surface area contributed by atoms with E-state index in [2.05, 4.69) is 6.07 Å². The fraction of sp³-hybridized carbons (Fsp3) is 0.615. The van der Waals surface area contributed by atoms with Crippen LogP contribution in [0, 0.1) is 5.41 Å². The summed E-state index contributed by atoms with van der Waals surface area (Å²) in [6.07, 6.45) is 3.61. The first-order valence-electron chi connectivity index (χ1n) is 6.08. The van der Waals surface area contributed by atoms with Crippen LogP contribution in [-0.4, -0.2) is 18.6 Å². The van der Waals surface area contributed by atoms with Crippen LogP contribution in [0.3, 0.4) is 0 Å². The van der Waals surface area contributed by atoms with Crippen molar-refractivity contribution in [2.75, 3.05) is 6.61 Å². The van der Waals surface area contributed by atoms with E-state index >= 15 is 0 Å². The lowest BCUT2D eigenvalue weighted by Crippen LogP contribution is -2.42. The van der Waals surface area contributed by atoms with Crippen molar-refractivity contribution < 1.29 is 9.53 Å². The minimum Gasteiger partial charge on any atom is -0.465 e. The van der Waals surface area contributed by atoms with E-state index in [1.807, 2.05) is 18.4 Å². The molecule has 0 aliphatic heterocycles. The summed E-state index contributed by atoms with van der Waals surface area (Å²) in [6.45, 7) is 2.39. The van der Waals surface area contributed by atoms with Crippen molar-refractivity contribution in [3.05, 3.63) is 22.4 Å². The molecule has 2 unspecified atom stereocenters. The Balaban J connectivity index is 1.81. The highest BCUT2D eigenvalue weighted by Gasteiger charge is 2.44. The van der Waals surface area contributed by atoms with E-state index < -0.39 is 5.41 Å². The zero-order valence-corrected chi connectivity index (χ0v) is 11.0. The van der Waals surface area contributed by atoms with E-state index in [9.17, 15) is 4.79 Å². The summed E-state index contributed by atoms with van der Waals surface area (Å²) >= 11 is 1.69.